The smallest absolute Gasteiger partial charge is 0.182 e. The van der Waals surface area contributed by atoms with Gasteiger partial charge in [-0.2, -0.15) is 10.4 Å². The lowest BCUT2D eigenvalue weighted by Gasteiger charge is -2.10. The minimum absolute atomic E-state index is 0.0822. The Balaban J connectivity index is 2.11. The molecule has 0 bridgehead atoms. The van der Waals surface area contributed by atoms with Crippen LogP contribution in [0.25, 0.3) is 33.6 Å². The zero-order chi connectivity index (χ0) is 19.1. The van der Waals surface area contributed by atoms with Crippen LogP contribution in [0.1, 0.15) is 17.0 Å². The zero-order valence-electron chi connectivity index (χ0n) is 14.2. The second kappa shape index (κ2) is 6.23. The number of aromatic nitrogens is 3. The van der Waals surface area contributed by atoms with Crippen LogP contribution in [0.4, 0.5) is 4.39 Å². The number of fused-ring (bicyclic) bond motifs is 1. The summed E-state index contributed by atoms with van der Waals surface area (Å²) >= 11 is 0. The van der Waals surface area contributed by atoms with E-state index in [9.17, 15) is 14.8 Å². The van der Waals surface area contributed by atoms with Crippen LogP contribution >= 0.6 is 0 Å². The number of nitrogens with zero attached hydrogens (tertiary/aromatic N) is 3. The normalized spacial score (nSPS) is 11.0. The monoisotopic (exact) mass is 363 g/mol. The van der Waals surface area contributed by atoms with Crippen LogP contribution in [-0.2, 0) is 6.54 Å². The maximum Gasteiger partial charge on any atom is 0.182 e. The number of nitriles is 1. The van der Waals surface area contributed by atoms with Gasteiger partial charge in [-0.1, -0.05) is 0 Å². The van der Waals surface area contributed by atoms with Crippen molar-refractivity contribution in [3.63, 3.8) is 0 Å². The number of rotatable bonds is 3. The molecule has 3 aromatic heterocycles. The molecule has 0 amide bonds. The van der Waals surface area contributed by atoms with Gasteiger partial charge in [-0.3, -0.25) is 5.10 Å². The van der Waals surface area contributed by atoms with E-state index >= 15 is 0 Å². The molecule has 0 aliphatic rings. The molecule has 8 heteroatoms. The average molecular weight is 363 g/mol. The Morgan fingerprint density at radius 3 is 2.81 bits per heavy atom. The number of furan rings is 1. The second-order valence-electron chi connectivity index (χ2n) is 6.00. The summed E-state index contributed by atoms with van der Waals surface area (Å²) in [5.41, 5.74) is 7.47. The quantitative estimate of drug-likeness (QED) is 0.512. The predicted molar refractivity (Wildman–Crippen MR) is 96.0 cm³/mol. The lowest BCUT2D eigenvalue weighted by atomic mass is 9.96. The molecule has 134 valence electrons. The lowest BCUT2D eigenvalue weighted by Crippen LogP contribution is -1.97. The summed E-state index contributed by atoms with van der Waals surface area (Å²) < 4.78 is 20.2. The molecular formula is C19H14FN5O2. The first-order chi connectivity index (χ1) is 13.0. The van der Waals surface area contributed by atoms with Gasteiger partial charge in [0.15, 0.2) is 5.65 Å². The highest BCUT2D eigenvalue weighted by Crippen LogP contribution is 2.39. The number of benzene rings is 1. The highest BCUT2D eigenvalue weighted by Gasteiger charge is 2.24. The van der Waals surface area contributed by atoms with Crippen LogP contribution in [0, 0.1) is 24.1 Å². The molecule has 3 heterocycles. The molecule has 0 aliphatic heterocycles. The van der Waals surface area contributed by atoms with E-state index in [4.69, 9.17) is 10.2 Å². The number of phenolic OH excluding ortho intramolecular Hbond substituents is 1. The Hall–Kier alpha value is -3.70. The van der Waals surface area contributed by atoms with E-state index < -0.39 is 5.82 Å². The van der Waals surface area contributed by atoms with E-state index in [0.29, 0.717) is 33.8 Å². The Kier molecular flexibility index (Phi) is 3.86. The summed E-state index contributed by atoms with van der Waals surface area (Å²) in [5.74, 6) is 0.0608. The van der Waals surface area contributed by atoms with Crippen LogP contribution in [-0.4, -0.2) is 20.3 Å². The van der Waals surface area contributed by atoms with Crippen molar-refractivity contribution in [2.75, 3.05) is 0 Å². The zero-order valence-corrected chi connectivity index (χ0v) is 14.2. The Labute approximate surface area is 152 Å². The number of pyridine rings is 1. The molecule has 0 fully saturated rings. The Bertz CT molecular complexity index is 1220. The summed E-state index contributed by atoms with van der Waals surface area (Å²) in [7, 11) is 0. The van der Waals surface area contributed by atoms with E-state index in [1.54, 1.807) is 19.1 Å². The molecule has 0 spiro atoms. The first kappa shape index (κ1) is 16.8. The molecule has 4 aromatic rings. The van der Waals surface area contributed by atoms with Gasteiger partial charge >= 0.3 is 0 Å². The number of nitrogens with one attached hydrogen (secondary N) is 1. The van der Waals surface area contributed by atoms with Crippen molar-refractivity contribution in [3.05, 3.63) is 53.2 Å². The molecule has 7 nitrogen and oxygen atoms in total. The largest absolute Gasteiger partial charge is 0.508 e. The number of aromatic amines is 1. The number of aryl methyl sites for hydroxylation is 1. The van der Waals surface area contributed by atoms with Crippen LogP contribution < -0.4 is 5.73 Å². The fraction of sp³-hybridized carbons (Fsp3) is 0.105. The molecule has 0 saturated carbocycles. The number of phenols is 1. The molecule has 0 aliphatic carbocycles. The number of aromatic hydroxyl groups is 1. The predicted octanol–water partition coefficient (Wildman–Crippen LogP) is 3.37. The topological polar surface area (TPSA) is 125 Å². The highest BCUT2D eigenvalue weighted by atomic mass is 19.1. The maximum atomic E-state index is 14.5. The van der Waals surface area contributed by atoms with E-state index in [1.807, 2.05) is 0 Å². The third-order valence-electron chi connectivity index (χ3n) is 4.31. The average Bonchev–Trinajstić information content (AvgIpc) is 3.27. The summed E-state index contributed by atoms with van der Waals surface area (Å²) in [4.78, 5) is 4.39. The van der Waals surface area contributed by atoms with Gasteiger partial charge in [0.25, 0.3) is 0 Å². The minimum Gasteiger partial charge on any atom is -0.508 e. The van der Waals surface area contributed by atoms with E-state index in [0.717, 1.165) is 6.07 Å². The summed E-state index contributed by atoms with van der Waals surface area (Å²) in [6.45, 7) is 2.01. The van der Waals surface area contributed by atoms with Crippen molar-refractivity contribution >= 4 is 11.0 Å². The first-order valence-electron chi connectivity index (χ1n) is 8.10. The summed E-state index contributed by atoms with van der Waals surface area (Å²) in [6.07, 6.45) is 0. The van der Waals surface area contributed by atoms with Gasteiger partial charge in [-0.05, 0) is 31.2 Å². The SMILES string of the molecule is Cc1[nH]nc2nc(-c3ccc(O)cc3F)c(C#N)c(-c3ccc(CN)o3)c12. The Morgan fingerprint density at radius 2 is 2.15 bits per heavy atom. The minimum atomic E-state index is -0.696. The van der Waals surface area contributed by atoms with Gasteiger partial charge in [0.05, 0.1) is 28.8 Å². The van der Waals surface area contributed by atoms with Crippen molar-refractivity contribution in [2.45, 2.75) is 13.5 Å². The molecule has 27 heavy (non-hydrogen) atoms. The maximum absolute atomic E-state index is 14.5. The van der Waals surface area contributed by atoms with Gasteiger partial charge in [0, 0.05) is 17.3 Å². The van der Waals surface area contributed by atoms with Crippen molar-refractivity contribution in [1.82, 2.24) is 15.2 Å². The van der Waals surface area contributed by atoms with Crippen molar-refractivity contribution < 1.29 is 13.9 Å². The number of H-pyrrole nitrogens is 1. The molecule has 4 rings (SSSR count). The molecule has 1 aromatic carbocycles. The molecule has 0 saturated heterocycles. The van der Waals surface area contributed by atoms with Crippen molar-refractivity contribution in [2.24, 2.45) is 5.73 Å². The lowest BCUT2D eigenvalue weighted by molar-refractivity contribution is 0.469. The number of hydrogen-bond donors (Lipinski definition) is 3. The molecular weight excluding hydrogens is 349 g/mol. The van der Waals surface area contributed by atoms with Crippen LogP contribution in [0.2, 0.25) is 0 Å². The van der Waals surface area contributed by atoms with Gasteiger partial charge < -0.3 is 15.3 Å². The number of nitrogens with two attached hydrogens (primary N) is 1. The summed E-state index contributed by atoms with van der Waals surface area (Å²) in [6, 6.07) is 9.22. The molecule has 0 radical (unpaired) electrons. The van der Waals surface area contributed by atoms with Gasteiger partial charge in [0.1, 0.15) is 29.2 Å². The van der Waals surface area contributed by atoms with Crippen molar-refractivity contribution in [1.29, 1.82) is 5.26 Å². The first-order valence-corrected chi connectivity index (χ1v) is 8.10. The number of hydrogen-bond acceptors (Lipinski definition) is 6. The molecule has 4 N–H and O–H groups in total. The third-order valence-corrected chi connectivity index (χ3v) is 4.31. The van der Waals surface area contributed by atoms with Crippen LogP contribution in [0.5, 0.6) is 5.75 Å². The van der Waals surface area contributed by atoms with Crippen LogP contribution in [0.15, 0.2) is 34.7 Å². The van der Waals surface area contributed by atoms with E-state index in [-0.39, 0.29) is 29.1 Å². The molecule has 0 atom stereocenters. The van der Waals surface area contributed by atoms with Crippen molar-refractivity contribution in [3.8, 4) is 34.4 Å². The molecule has 0 unspecified atom stereocenters. The number of halogens is 1. The van der Waals surface area contributed by atoms with Gasteiger partial charge in [-0.25, -0.2) is 9.37 Å². The van der Waals surface area contributed by atoms with Crippen LogP contribution in [0.3, 0.4) is 0 Å². The standard InChI is InChI=1S/C19H14FN5O2/c1-9-16-17(15-5-3-11(7-21)27-15)13(8-22)18(23-19(16)25-24-9)12-4-2-10(26)6-14(12)20/h2-6,26H,7,21H2,1H3,(H,23,24,25). The highest BCUT2D eigenvalue weighted by molar-refractivity contribution is 5.99. The summed E-state index contributed by atoms with van der Waals surface area (Å²) in [5, 5.41) is 27.0. The fourth-order valence-corrected chi connectivity index (χ4v) is 3.07. The van der Waals surface area contributed by atoms with Gasteiger partial charge in [0.2, 0.25) is 0 Å². The third kappa shape index (κ3) is 2.61. The Morgan fingerprint density at radius 1 is 1.33 bits per heavy atom. The van der Waals surface area contributed by atoms with E-state index in [2.05, 4.69) is 21.3 Å². The van der Waals surface area contributed by atoms with E-state index in [1.165, 1.54) is 12.1 Å². The second-order valence-corrected chi connectivity index (χ2v) is 6.00. The fourth-order valence-electron chi connectivity index (χ4n) is 3.07. The van der Waals surface area contributed by atoms with Gasteiger partial charge in [-0.15, -0.1) is 0 Å².